The number of alkyl halides is 2. The molecule has 1 aromatic rings. The number of aromatic nitrogens is 1. The van der Waals surface area contributed by atoms with Crippen molar-refractivity contribution >= 4 is 5.69 Å². The van der Waals surface area contributed by atoms with E-state index in [0.717, 1.165) is 0 Å². The van der Waals surface area contributed by atoms with Gasteiger partial charge in [-0.2, -0.15) is 4.39 Å². The lowest BCUT2D eigenvalue weighted by Crippen LogP contribution is -2.01. The summed E-state index contributed by atoms with van der Waals surface area (Å²) < 4.78 is 37.0. The highest BCUT2D eigenvalue weighted by atomic mass is 19.3. The van der Waals surface area contributed by atoms with Gasteiger partial charge in [-0.3, -0.25) is 10.1 Å². The van der Waals surface area contributed by atoms with Gasteiger partial charge in [0.25, 0.3) is 12.4 Å². The van der Waals surface area contributed by atoms with E-state index in [-0.39, 0.29) is 0 Å². The summed E-state index contributed by atoms with van der Waals surface area (Å²) in [6.45, 7) is 0. The number of nitrogens with zero attached hydrogens (tertiary/aromatic N) is 2. The van der Waals surface area contributed by atoms with E-state index < -0.39 is 34.3 Å². The second-order valence-electron chi connectivity index (χ2n) is 2.25. The Bertz CT molecular complexity index is 383. The van der Waals surface area contributed by atoms with Crippen LogP contribution in [0.4, 0.5) is 18.9 Å². The molecule has 1 aromatic heterocycles. The highest BCUT2D eigenvalue weighted by Crippen LogP contribution is 2.36. The van der Waals surface area contributed by atoms with E-state index in [2.05, 4.69) is 4.98 Å². The molecule has 0 aliphatic rings. The maximum Gasteiger partial charge on any atom is 0.336 e. The predicted octanol–water partition coefficient (Wildman–Crippen LogP) is 1.77. The molecule has 1 rings (SSSR count). The summed E-state index contributed by atoms with van der Waals surface area (Å²) in [4.78, 5) is 11.6. The zero-order valence-electron chi connectivity index (χ0n) is 6.45. The Hall–Kier alpha value is -1.86. The predicted molar refractivity (Wildman–Crippen MR) is 37.5 cm³/mol. The number of rotatable bonds is 2. The first-order valence-corrected chi connectivity index (χ1v) is 3.25. The molecule has 0 aliphatic carbocycles. The third-order valence-corrected chi connectivity index (χ3v) is 1.43. The van der Waals surface area contributed by atoms with Crippen LogP contribution in [-0.4, -0.2) is 15.0 Å². The van der Waals surface area contributed by atoms with E-state index in [1.807, 2.05) is 0 Å². The van der Waals surface area contributed by atoms with Gasteiger partial charge in [0.1, 0.15) is 11.3 Å². The van der Waals surface area contributed by atoms with Crippen molar-refractivity contribution in [1.29, 1.82) is 0 Å². The summed E-state index contributed by atoms with van der Waals surface area (Å²) in [6.07, 6.45) is -2.95. The quantitative estimate of drug-likeness (QED) is 0.456. The molecule has 0 aliphatic heterocycles. The van der Waals surface area contributed by atoms with Crippen molar-refractivity contribution in [3.05, 3.63) is 27.8 Å². The summed E-state index contributed by atoms with van der Waals surface area (Å²) >= 11 is 0. The van der Waals surface area contributed by atoms with Crippen molar-refractivity contribution in [1.82, 2.24) is 4.98 Å². The molecular formula is C6H3F3N2O3. The lowest BCUT2D eigenvalue weighted by atomic mass is 10.2. The largest absolute Gasteiger partial charge is 0.506 e. The average Bonchev–Trinajstić information content (AvgIpc) is 2.07. The zero-order chi connectivity index (χ0) is 10.9. The second kappa shape index (κ2) is 3.48. The van der Waals surface area contributed by atoms with Gasteiger partial charge in [-0.25, -0.2) is 13.8 Å². The number of halogens is 3. The van der Waals surface area contributed by atoms with E-state index in [0.29, 0.717) is 6.20 Å². The third kappa shape index (κ3) is 1.58. The highest BCUT2D eigenvalue weighted by Gasteiger charge is 2.30. The van der Waals surface area contributed by atoms with Crippen molar-refractivity contribution in [2.24, 2.45) is 0 Å². The Morgan fingerprint density at radius 1 is 1.57 bits per heavy atom. The second-order valence-corrected chi connectivity index (χ2v) is 2.25. The van der Waals surface area contributed by atoms with E-state index in [1.165, 1.54) is 0 Å². The van der Waals surface area contributed by atoms with E-state index in [9.17, 15) is 23.3 Å². The molecule has 0 aromatic carbocycles. The molecule has 0 saturated carbocycles. The standard InChI is InChI=1S/C6H3F3N2O3/c7-5(8)3-2(12)1-10-6(9)4(3)11(13)14/h1,5,12H. The lowest BCUT2D eigenvalue weighted by molar-refractivity contribution is -0.389. The van der Waals surface area contributed by atoms with Crippen LogP contribution in [0.1, 0.15) is 12.0 Å². The minimum atomic E-state index is -3.34. The van der Waals surface area contributed by atoms with Crippen LogP contribution in [0.3, 0.4) is 0 Å². The molecule has 0 amide bonds. The summed E-state index contributed by atoms with van der Waals surface area (Å²) in [6, 6.07) is 0. The minimum absolute atomic E-state index is 0.393. The topological polar surface area (TPSA) is 76.3 Å². The monoisotopic (exact) mass is 208 g/mol. The molecule has 0 saturated heterocycles. The molecule has 76 valence electrons. The summed E-state index contributed by atoms with van der Waals surface area (Å²) in [5, 5.41) is 19.0. The first-order chi connectivity index (χ1) is 6.45. The maximum atomic E-state index is 12.6. The molecule has 1 heterocycles. The molecule has 0 spiro atoms. The van der Waals surface area contributed by atoms with Gasteiger partial charge >= 0.3 is 5.69 Å². The Morgan fingerprint density at radius 3 is 2.50 bits per heavy atom. The normalized spacial score (nSPS) is 10.6. The van der Waals surface area contributed by atoms with Gasteiger partial charge in [0.05, 0.1) is 11.1 Å². The number of nitro groups is 1. The molecule has 0 bridgehead atoms. The maximum absolute atomic E-state index is 12.6. The Balaban J connectivity index is 3.50. The highest BCUT2D eigenvalue weighted by molar-refractivity contribution is 5.47. The number of hydrogen-bond acceptors (Lipinski definition) is 4. The smallest absolute Gasteiger partial charge is 0.336 e. The first-order valence-electron chi connectivity index (χ1n) is 3.25. The Morgan fingerprint density at radius 2 is 2.14 bits per heavy atom. The van der Waals surface area contributed by atoms with Crippen LogP contribution in [0, 0.1) is 16.1 Å². The van der Waals surface area contributed by atoms with Gasteiger partial charge in [0, 0.05) is 0 Å². The van der Waals surface area contributed by atoms with Gasteiger partial charge in [0.15, 0.2) is 0 Å². The van der Waals surface area contributed by atoms with Crippen molar-refractivity contribution in [3.63, 3.8) is 0 Å². The Labute approximate surface area is 75.0 Å². The molecule has 14 heavy (non-hydrogen) atoms. The minimum Gasteiger partial charge on any atom is -0.506 e. The molecule has 0 fully saturated rings. The van der Waals surface area contributed by atoms with Gasteiger partial charge in [-0.05, 0) is 0 Å². The van der Waals surface area contributed by atoms with Gasteiger partial charge < -0.3 is 5.11 Å². The van der Waals surface area contributed by atoms with Crippen LogP contribution < -0.4 is 0 Å². The molecule has 1 N–H and O–H groups in total. The van der Waals surface area contributed by atoms with E-state index in [4.69, 9.17) is 5.11 Å². The molecule has 0 radical (unpaired) electrons. The van der Waals surface area contributed by atoms with Crippen LogP contribution in [0.15, 0.2) is 6.20 Å². The van der Waals surface area contributed by atoms with Crippen LogP contribution in [0.2, 0.25) is 0 Å². The average molecular weight is 208 g/mol. The van der Waals surface area contributed by atoms with E-state index in [1.54, 1.807) is 0 Å². The number of aromatic hydroxyl groups is 1. The zero-order valence-corrected chi connectivity index (χ0v) is 6.45. The number of pyridine rings is 1. The van der Waals surface area contributed by atoms with Gasteiger partial charge in [0.2, 0.25) is 0 Å². The van der Waals surface area contributed by atoms with Crippen LogP contribution in [-0.2, 0) is 0 Å². The summed E-state index contributed by atoms with van der Waals surface area (Å²) in [5.74, 6) is -2.75. The van der Waals surface area contributed by atoms with Gasteiger partial charge in [-0.1, -0.05) is 0 Å². The SMILES string of the molecule is O=[N+]([O-])c1c(F)ncc(O)c1C(F)F. The fourth-order valence-electron chi connectivity index (χ4n) is 0.870. The molecular weight excluding hydrogens is 205 g/mol. The molecule has 0 unspecified atom stereocenters. The summed E-state index contributed by atoms with van der Waals surface area (Å²) in [5.41, 5.74) is -2.86. The third-order valence-electron chi connectivity index (χ3n) is 1.43. The fourth-order valence-corrected chi connectivity index (χ4v) is 0.870. The molecule has 0 atom stereocenters. The molecule has 5 nitrogen and oxygen atoms in total. The molecule has 8 heteroatoms. The fraction of sp³-hybridized carbons (Fsp3) is 0.167. The number of hydrogen-bond donors (Lipinski definition) is 1. The summed E-state index contributed by atoms with van der Waals surface area (Å²) in [7, 11) is 0. The van der Waals surface area contributed by atoms with Crippen LogP contribution in [0.5, 0.6) is 5.75 Å². The van der Waals surface area contributed by atoms with Crippen molar-refractivity contribution < 1.29 is 23.2 Å². The first kappa shape index (κ1) is 10.2. The van der Waals surface area contributed by atoms with Crippen LogP contribution in [0.25, 0.3) is 0 Å². The van der Waals surface area contributed by atoms with Crippen molar-refractivity contribution in [3.8, 4) is 5.75 Å². The van der Waals surface area contributed by atoms with Crippen molar-refractivity contribution in [2.75, 3.05) is 0 Å². The van der Waals surface area contributed by atoms with E-state index >= 15 is 0 Å². The lowest BCUT2D eigenvalue weighted by Gasteiger charge is -2.03. The van der Waals surface area contributed by atoms with Crippen molar-refractivity contribution in [2.45, 2.75) is 6.43 Å². The van der Waals surface area contributed by atoms with Gasteiger partial charge in [-0.15, -0.1) is 0 Å². The van der Waals surface area contributed by atoms with Crippen LogP contribution >= 0.6 is 0 Å². The Kier molecular flexibility index (Phi) is 2.54.